The molecule has 1 saturated heterocycles. The number of rotatable bonds is 7. The van der Waals surface area contributed by atoms with Gasteiger partial charge in [-0.1, -0.05) is 12.1 Å². The Morgan fingerprint density at radius 2 is 1.88 bits per heavy atom. The number of nitrogens with one attached hydrogen (secondary N) is 1. The van der Waals surface area contributed by atoms with Gasteiger partial charge in [0.25, 0.3) is 5.91 Å². The van der Waals surface area contributed by atoms with Crippen molar-refractivity contribution >= 4 is 15.9 Å². The van der Waals surface area contributed by atoms with Crippen LogP contribution in [0.3, 0.4) is 0 Å². The van der Waals surface area contributed by atoms with Gasteiger partial charge in [0.15, 0.2) is 0 Å². The summed E-state index contributed by atoms with van der Waals surface area (Å²) in [7, 11) is -2.42. The van der Waals surface area contributed by atoms with E-state index < -0.39 is 10.0 Å². The minimum Gasteiger partial charge on any atom is -0.495 e. The van der Waals surface area contributed by atoms with E-state index in [4.69, 9.17) is 9.47 Å². The monoisotopic (exact) mass is 470 g/mol. The maximum Gasteiger partial charge on any atom is 0.251 e. The lowest BCUT2D eigenvalue weighted by Gasteiger charge is -2.26. The second kappa shape index (κ2) is 9.74. The molecule has 1 amide bonds. The molecule has 1 aliphatic heterocycles. The molecule has 2 heterocycles. The van der Waals surface area contributed by atoms with Gasteiger partial charge >= 0.3 is 0 Å². The molecule has 1 N–H and O–H groups in total. The highest BCUT2D eigenvalue weighted by Crippen LogP contribution is 2.29. The first kappa shape index (κ1) is 23.0. The standard InChI is InChI=1S/C23H26N4O5S/c1-17(18-3-6-20(7-4-18)26-10-9-24-16-26)25-23(28)19-5-8-21(31-2)22(15-19)33(29,30)27-11-13-32-14-12-27/h3-10,15-17H,11-14H2,1-2H3,(H,25,28)/t17-/m0/s1. The predicted molar refractivity (Wildman–Crippen MR) is 122 cm³/mol. The summed E-state index contributed by atoms with van der Waals surface area (Å²) in [5.74, 6) is -0.177. The lowest BCUT2D eigenvalue weighted by atomic mass is 10.1. The molecule has 0 aliphatic carbocycles. The normalized spacial score (nSPS) is 15.7. The molecule has 10 heteroatoms. The summed E-state index contributed by atoms with van der Waals surface area (Å²) < 4.78 is 40.1. The summed E-state index contributed by atoms with van der Waals surface area (Å²) in [6, 6.07) is 11.9. The molecule has 0 saturated carbocycles. The predicted octanol–water partition coefficient (Wildman–Crippen LogP) is 2.39. The number of carbonyl (C=O) groups is 1. The Morgan fingerprint density at radius 3 is 2.52 bits per heavy atom. The van der Waals surface area contributed by atoms with Crippen molar-refractivity contribution in [3.05, 3.63) is 72.3 Å². The SMILES string of the molecule is COc1ccc(C(=O)N[C@@H](C)c2ccc(-n3ccnc3)cc2)cc1S(=O)(=O)N1CCOCC1. The Bertz CT molecular complexity index is 1200. The van der Waals surface area contributed by atoms with Crippen molar-refractivity contribution in [2.24, 2.45) is 0 Å². The molecule has 33 heavy (non-hydrogen) atoms. The quantitative estimate of drug-likeness (QED) is 0.569. The van der Waals surface area contributed by atoms with Crippen LogP contribution in [0.5, 0.6) is 5.75 Å². The topological polar surface area (TPSA) is 103 Å². The molecule has 1 atom stereocenters. The van der Waals surface area contributed by atoms with Crippen molar-refractivity contribution in [2.45, 2.75) is 17.9 Å². The molecule has 0 bridgehead atoms. The fourth-order valence-electron chi connectivity index (χ4n) is 3.66. The highest BCUT2D eigenvalue weighted by molar-refractivity contribution is 7.89. The number of benzene rings is 2. The van der Waals surface area contributed by atoms with Crippen molar-refractivity contribution in [1.82, 2.24) is 19.2 Å². The van der Waals surface area contributed by atoms with Gasteiger partial charge in [-0.25, -0.2) is 13.4 Å². The lowest BCUT2D eigenvalue weighted by molar-refractivity contribution is 0.0729. The lowest BCUT2D eigenvalue weighted by Crippen LogP contribution is -2.40. The van der Waals surface area contributed by atoms with Gasteiger partial charge in [0.1, 0.15) is 10.6 Å². The number of imidazole rings is 1. The summed E-state index contributed by atoms with van der Waals surface area (Å²) in [5, 5.41) is 2.94. The number of aromatic nitrogens is 2. The first-order valence-corrected chi connectivity index (χ1v) is 12.0. The summed E-state index contributed by atoms with van der Waals surface area (Å²) in [4.78, 5) is 17.0. The van der Waals surface area contributed by atoms with Gasteiger partial charge in [-0.2, -0.15) is 4.31 Å². The fraction of sp³-hybridized carbons (Fsp3) is 0.304. The minimum atomic E-state index is -3.83. The number of hydrogen-bond donors (Lipinski definition) is 1. The number of carbonyl (C=O) groups excluding carboxylic acids is 1. The van der Waals surface area contributed by atoms with Gasteiger partial charge in [-0.15, -0.1) is 0 Å². The van der Waals surface area contributed by atoms with Crippen molar-refractivity contribution < 1.29 is 22.7 Å². The Labute approximate surface area is 193 Å². The molecule has 0 spiro atoms. The summed E-state index contributed by atoms with van der Waals surface area (Å²) in [6.07, 6.45) is 5.28. The van der Waals surface area contributed by atoms with Crippen LogP contribution < -0.4 is 10.1 Å². The number of sulfonamides is 1. The number of morpholine rings is 1. The zero-order valence-corrected chi connectivity index (χ0v) is 19.3. The van der Waals surface area contributed by atoms with Gasteiger partial charge in [-0.3, -0.25) is 4.79 Å². The third-order valence-electron chi connectivity index (χ3n) is 5.56. The number of hydrogen-bond acceptors (Lipinski definition) is 6. The van der Waals surface area contributed by atoms with E-state index in [0.717, 1.165) is 11.3 Å². The maximum absolute atomic E-state index is 13.2. The molecule has 1 aromatic heterocycles. The summed E-state index contributed by atoms with van der Waals surface area (Å²) >= 11 is 0. The van der Waals surface area contributed by atoms with Gasteiger partial charge in [0.05, 0.1) is 32.7 Å². The Balaban J connectivity index is 1.52. The third-order valence-corrected chi connectivity index (χ3v) is 7.48. The fourth-order valence-corrected chi connectivity index (χ4v) is 5.25. The third kappa shape index (κ3) is 4.92. The maximum atomic E-state index is 13.2. The van der Waals surface area contributed by atoms with E-state index in [1.165, 1.54) is 23.5 Å². The first-order chi connectivity index (χ1) is 15.9. The van der Waals surface area contributed by atoms with E-state index in [0.29, 0.717) is 13.2 Å². The van der Waals surface area contributed by atoms with Gasteiger partial charge in [0, 0.05) is 36.7 Å². The summed E-state index contributed by atoms with van der Waals surface area (Å²) in [6.45, 7) is 3.05. The Morgan fingerprint density at radius 1 is 1.15 bits per heavy atom. The molecule has 1 aliphatic rings. The van der Waals surface area contributed by atoms with E-state index in [1.807, 2.05) is 42.0 Å². The molecule has 0 radical (unpaired) electrons. The highest BCUT2D eigenvalue weighted by atomic mass is 32.2. The Hall–Kier alpha value is -3.21. The first-order valence-electron chi connectivity index (χ1n) is 10.6. The molecule has 9 nitrogen and oxygen atoms in total. The average molecular weight is 471 g/mol. The van der Waals surface area contributed by atoms with E-state index in [9.17, 15) is 13.2 Å². The van der Waals surface area contributed by atoms with Crippen LogP contribution >= 0.6 is 0 Å². The van der Waals surface area contributed by atoms with Crippen molar-refractivity contribution in [2.75, 3.05) is 33.4 Å². The number of nitrogens with zero attached hydrogens (tertiary/aromatic N) is 3. The molecule has 1 fully saturated rings. The van der Waals surface area contributed by atoms with Crippen LogP contribution in [0, 0.1) is 0 Å². The van der Waals surface area contributed by atoms with Crippen LogP contribution in [0.2, 0.25) is 0 Å². The van der Waals surface area contributed by atoms with E-state index >= 15 is 0 Å². The van der Waals surface area contributed by atoms with Crippen molar-refractivity contribution in [3.63, 3.8) is 0 Å². The minimum absolute atomic E-state index is 0.0307. The van der Waals surface area contributed by atoms with Crippen LogP contribution in [0.15, 0.2) is 66.1 Å². The highest BCUT2D eigenvalue weighted by Gasteiger charge is 2.30. The van der Waals surface area contributed by atoms with Crippen molar-refractivity contribution in [1.29, 1.82) is 0 Å². The zero-order valence-electron chi connectivity index (χ0n) is 18.5. The van der Waals surface area contributed by atoms with Gasteiger partial charge in [-0.05, 0) is 42.8 Å². The van der Waals surface area contributed by atoms with Gasteiger partial charge in [0.2, 0.25) is 10.0 Å². The van der Waals surface area contributed by atoms with Gasteiger partial charge < -0.3 is 19.4 Å². The van der Waals surface area contributed by atoms with E-state index in [2.05, 4.69) is 10.3 Å². The molecular formula is C23H26N4O5S. The summed E-state index contributed by atoms with van der Waals surface area (Å²) in [5.41, 5.74) is 2.12. The average Bonchev–Trinajstić information content (AvgIpc) is 3.39. The molecule has 3 aromatic rings. The van der Waals surface area contributed by atoms with Crippen LogP contribution in [0.4, 0.5) is 0 Å². The number of ether oxygens (including phenoxy) is 2. The molecule has 4 rings (SSSR count). The van der Waals surface area contributed by atoms with E-state index in [-0.39, 0.29) is 41.2 Å². The Kier molecular flexibility index (Phi) is 6.77. The van der Waals surface area contributed by atoms with Crippen LogP contribution in [0.1, 0.15) is 28.9 Å². The number of methoxy groups -OCH3 is 1. The molecule has 2 aromatic carbocycles. The second-order valence-corrected chi connectivity index (χ2v) is 9.55. The van der Waals surface area contributed by atoms with Crippen LogP contribution in [0.25, 0.3) is 5.69 Å². The number of amides is 1. The molecule has 174 valence electrons. The molecular weight excluding hydrogens is 444 g/mol. The van der Waals surface area contributed by atoms with E-state index in [1.54, 1.807) is 18.6 Å². The largest absolute Gasteiger partial charge is 0.495 e. The van der Waals surface area contributed by atoms with Crippen LogP contribution in [-0.4, -0.2) is 61.6 Å². The van der Waals surface area contributed by atoms with Crippen LogP contribution in [-0.2, 0) is 14.8 Å². The molecule has 0 unspecified atom stereocenters. The second-order valence-electron chi connectivity index (χ2n) is 7.64. The smallest absolute Gasteiger partial charge is 0.251 e. The zero-order chi connectivity index (χ0) is 23.4. The van der Waals surface area contributed by atoms with Crippen molar-refractivity contribution in [3.8, 4) is 11.4 Å².